The molecule has 3 atom stereocenters. The predicted octanol–water partition coefficient (Wildman–Crippen LogP) is 3.61. The molecule has 0 saturated carbocycles. The van der Waals surface area contributed by atoms with Crippen LogP contribution >= 0.6 is 31.9 Å². The summed E-state index contributed by atoms with van der Waals surface area (Å²) in [4.78, 5) is 0. The minimum Gasteiger partial charge on any atom is -0.497 e. The lowest BCUT2D eigenvalue weighted by molar-refractivity contribution is -0.103. The number of hydrogen-bond acceptors (Lipinski definition) is 3. The van der Waals surface area contributed by atoms with E-state index in [1.165, 1.54) is 0 Å². The highest BCUT2D eigenvalue weighted by molar-refractivity contribution is 9.14. The minimum atomic E-state index is -1.24. The summed E-state index contributed by atoms with van der Waals surface area (Å²) in [6.45, 7) is 1.96. The zero-order chi connectivity index (χ0) is 14.5. The van der Waals surface area contributed by atoms with Crippen LogP contribution in [-0.4, -0.2) is 23.9 Å². The summed E-state index contributed by atoms with van der Waals surface area (Å²) in [5.74, 6) is 0.750. The molecule has 1 N–H and O–H groups in total. The number of halogens is 2. The van der Waals surface area contributed by atoms with Crippen molar-refractivity contribution in [2.75, 3.05) is 7.11 Å². The fourth-order valence-electron chi connectivity index (χ4n) is 2.61. The van der Waals surface area contributed by atoms with E-state index in [0.717, 1.165) is 15.8 Å². The normalized spacial score (nSPS) is 35.5. The van der Waals surface area contributed by atoms with Crippen LogP contribution in [0.15, 0.2) is 45.4 Å². The van der Waals surface area contributed by atoms with E-state index in [0.29, 0.717) is 4.48 Å². The maximum atomic E-state index is 11.2. The topological polar surface area (TPSA) is 38.7 Å². The maximum Gasteiger partial charge on any atom is 0.152 e. The van der Waals surface area contributed by atoms with Crippen molar-refractivity contribution in [1.82, 2.24) is 0 Å². The lowest BCUT2D eigenvalue weighted by Gasteiger charge is -2.42. The smallest absolute Gasteiger partial charge is 0.152 e. The number of aliphatic hydroxyl groups is 1. The van der Waals surface area contributed by atoms with Gasteiger partial charge in [-0.05, 0) is 30.7 Å². The van der Waals surface area contributed by atoms with E-state index in [-0.39, 0.29) is 0 Å². The zero-order valence-electron chi connectivity index (χ0n) is 11.1. The van der Waals surface area contributed by atoms with Crippen molar-refractivity contribution in [2.24, 2.45) is 0 Å². The van der Waals surface area contributed by atoms with Gasteiger partial charge in [0.15, 0.2) is 5.60 Å². The fourth-order valence-corrected chi connectivity index (χ4v) is 3.99. The van der Waals surface area contributed by atoms with E-state index in [2.05, 4.69) is 31.9 Å². The molecule has 0 fully saturated rings. The lowest BCUT2D eigenvalue weighted by Crippen LogP contribution is -2.47. The average Bonchev–Trinajstić information content (AvgIpc) is 2.86. The second-order valence-electron chi connectivity index (χ2n) is 5.13. The molecule has 0 spiro atoms. The minimum absolute atomic E-state index is 0.420. The van der Waals surface area contributed by atoms with Gasteiger partial charge in [-0.3, -0.25) is 0 Å². The molecule has 2 aliphatic rings. The zero-order valence-corrected chi connectivity index (χ0v) is 14.2. The number of rotatable bonds is 2. The van der Waals surface area contributed by atoms with E-state index in [4.69, 9.17) is 9.47 Å². The summed E-state index contributed by atoms with van der Waals surface area (Å²) in [7, 11) is 1.62. The third-order valence-electron chi connectivity index (χ3n) is 3.87. The van der Waals surface area contributed by atoms with Crippen LogP contribution in [0, 0.1) is 0 Å². The van der Waals surface area contributed by atoms with Crippen molar-refractivity contribution >= 4 is 31.9 Å². The van der Waals surface area contributed by atoms with Crippen molar-refractivity contribution in [3.05, 3.63) is 50.9 Å². The molecule has 1 aromatic carbocycles. The Kier molecular flexibility index (Phi) is 3.36. The van der Waals surface area contributed by atoms with Crippen LogP contribution in [0.3, 0.4) is 0 Å². The number of benzene rings is 1. The first-order chi connectivity index (χ1) is 9.41. The first-order valence-electron chi connectivity index (χ1n) is 6.22. The van der Waals surface area contributed by atoms with E-state index in [9.17, 15) is 5.11 Å². The number of ether oxygens (including phenoxy) is 2. The molecule has 0 aromatic heterocycles. The third kappa shape index (κ3) is 1.84. The Morgan fingerprint density at radius 2 is 1.85 bits per heavy atom. The first-order valence-corrected chi connectivity index (χ1v) is 7.81. The molecule has 1 aromatic rings. The van der Waals surface area contributed by atoms with Gasteiger partial charge >= 0.3 is 0 Å². The van der Waals surface area contributed by atoms with Crippen LogP contribution in [0.5, 0.6) is 5.75 Å². The van der Waals surface area contributed by atoms with Crippen LogP contribution in [0.2, 0.25) is 0 Å². The van der Waals surface area contributed by atoms with Gasteiger partial charge in [0, 0.05) is 8.96 Å². The Labute approximate surface area is 134 Å². The van der Waals surface area contributed by atoms with E-state index >= 15 is 0 Å². The molecule has 3 rings (SSSR count). The quantitative estimate of drug-likeness (QED) is 0.769. The van der Waals surface area contributed by atoms with E-state index in [1.807, 2.05) is 43.3 Å². The molecular formula is C15H14Br2O3. The van der Waals surface area contributed by atoms with Crippen molar-refractivity contribution in [1.29, 1.82) is 0 Å². The summed E-state index contributed by atoms with van der Waals surface area (Å²) in [5, 5.41) is 11.2. The highest BCUT2D eigenvalue weighted by Gasteiger charge is 2.54. The van der Waals surface area contributed by atoms with E-state index in [1.54, 1.807) is 7.11 Å². The van der Waals surface area contributed by atoms with Gasteiger partial charge in [-0.1, -0.05) is 50.1 Å². The Hall–Kier alpha value is -0.620. The van der Waals surface area contributed by atoms with Gasteiger partial charge in [0.2, 0.25) is 0 Å². The van der Waals surface area contributed by atoms with Gasteiger partial charge in [0.1, 0.15) is 17.5 Å². The Balaban J connectivity index is 2.13. The molecule has 106 valence electrons. The van der Waals surface area contributed by atoms with Gasteiger partial charge in [-0.25, -0.2) is 0 Å². The number of hydrogen-bond donors (Lipinski definition) is 1. The van der Waals surface area contributed by atoms with Crippen molar-refractivity contribution in [3.8, 4) is 5.75 Å². The summed E-state index contributed by atoms with van der Waals surface area (Å²) in [6, 6.07) is 7.35. The average molecular weight is 402 g/mol. The van der Waals surface area contributed by atoms with Gasteiger partial charge in [0.05, 0.1) is 7.11 Å². The molecule has 20 heavy (non-hydrogen) atoms. The Morgan fingerprint density at radius 1 is 1.20 bits per heavy atom. The molecule has 0 saturated heterocycles. The number of fused-ring (bicyclic) bond motifs is 2. The summed E-state index contributed by atoms with van der Waals surface area (Å²) < 4.78 is 12.6. The Morgan fingerprint density at radius 3 is 2.45 bits per heavy atom. The van der Waals surface area contributed by atoms with Crippen molar-refractivity contribution < 1.29 is 14.6 Å². The van der Waals surface area contributed by atoms with Crippen LogP contribution in [0.25, 0.3) is 0 Å². The van der Waals surface area contributed by atoms with Crippen molar-refractivity contribution in [3.63, 3.8) is 0 Å². The monoisotopic (exact) mass is 400 g/mol. The SMILES string of the molecule is COc1ccc([C@@]2(O)C(Br)=C(Br)[C@@]3(C)C=C[C@@H]2O3)cc1. The van der Waals surface area contributed by atoms with Gasteiger partial charge in [0.25, 0.3) is 0 Å². The summed E-state index contributed by atoms with van der Waals surface area (Å²) in [5.41, 5.74) is -1.000. The standard InChI is InChI=1S/C15H14Br2O3/c1-14-8-7-11(20-14)15(18,13(17)12(14)16)9-3-5-10(19-2)6-4-9/h3-8,11,18H,1-2H3/t11-,14+,15-/m0/s1. The largest absolute Gasteiger partial charge is 0.497 e. The first kappa shape index (κ1) is 14.3. The third-order valence-corrected chi connectivity index (χ3v) is 6.58. The van der Waals surface area contributed by atoms with Crippen LogP contribution in [0.4, 0.5) is 0 Å². The van der Waals surface area contributed by atoms with Crippen LogP contribution in [-0.2, 0) is 10.3 Å². The molecule has 0 aliphatic carbocycles. The molecule has 2 aliphatic heterocycles. The molecule has 0 amide bonds. The second-order valence-corrected chi connectivity index (χ2v) is 6.71. The molecule has 2 heterocycles. The molecule has 0 unspecified atom stereocenters. The summed E-state index contributed by atoms with van der Waals surface area (Å²) in [6.07, 6.45) is 3.45. The lowest BCUT2D eigenvalue weighted by atomic mass is 9.86. The van der Waals surface area contributed by atoms with Crippen LogP contribution in [0.1, 0.15) is 12.5 Å². The molecule has 2 bridgehead atoms. The highest BCUT2D eigenvalue weighted by Crippen LogP contribution is 2.53. The molecule has 3 nitrogen and oxygen atoms in total. The fraction of sp³-hybridized carbons (Fsp3) is 0.333. The van der Waals surface area contributed by atoms with Crippen molar-refractivity contribution in [2.45, 2.75) is 24.2 Å². The second kappa shape index (κ2) is 4.70. The van der Waals surface area contributed by atoms with Gasteiger partial charge in [-0.2, -0.15) is 0 Å². The molecular weight excluding hydrogens is 388 g/mol. The molecule has 0 radical (unpaired) electrons. The van der Waals surface area contributed by atoms with Gasteiger partial charge < -0.3 is 14.6 Å². The molecule has 5 heteroatoms. The predicted molar refractivity (Wildman–Crippen MR) is 84.2 cm³/mol. The maximum absolute atomic E-state index is 11.2. The summed E-state index contributed by atoms with van der Waals surface area (Å²) >= 11 is 7.07. The number of methoxy groups -OCH3 is 1. The van der Waals surface area contributed by atoms with Crippen LogP contribution < -0.4 is 4.74 Å². The van der Waals surface area contributed by atoms with Gasteiger partial charge in [-0.15, -0.1) is 0 Å². The Bertz CT molecular complexity index is 608. The van der Waals surface area contributed by atoms with E-state index < -0.39 is 17.3 Å². The highest BCUT2D eigenvalue weighted by atomic mass is 79.9.